The van der Waals surface area contributed by atoms with E-state index in [9.17, 15) is 19.2 Å². The van der Waals surface area contributed by atoms with Crippen molar-refractivity contribution < 1.29 is 33.1 Å². The van der Waals surface area contributed by atoms with Crippen molar-refractivity contribution in [2.45, 2.75) is 111 Å². The molecule has 0 radical (unpaired) electrons. The predicted molar refractivity (Wildman–Crippen MR) is 130 cm³/mol. The van der Waals surface area contributed by atoms with E-state index >= 15 is 0 Å². The van der Waals surface area contributed by atoms with Gasteiger partial charge in [0.2, 0.25) is 0 Å². The summed E-state index contributed by atoms with van der Waals surface area (Å²) in [4.78, 5) is 50.1. The van der Waals surface area contributed by atoms with Crippen LogP contribution in [-0.4, -0.2) is 57.3 Å². The summed E-state index contributed by atoms with van der Waals surface area (Å²) in [7, 11) is -1.01. The first kappa shape index (κ1) is 31.3. The van der Waals surface area contributed by atoms with E-state index in [-0.39, 0.29) is 16.9 Å². The van der Waals surface area contributed by atoms with Gasteiger partial charge < -0.3 is 19.2 Å². The lowest BCUT2D eigenvalue weighted by atomic mass is 9.96. The largest absolute Gasteiger partial charge is 0.469 e. The zero-order chi connectivity index (χ0) is 26.1. The Hall–Kier alpha value is -1.74. The minimum absolute atomic E-state index is 0.0842. The zero-order valence-electron chi connectivity index (χ0n) is 22.4. The number of carbonyl (C=O) groups is 4. The molecule has 0 spiro atoms. The lowest BCUT2D eigenvalue weighted by molar-refractivity contribution is -0.165. The van der Waals surface area contributed by atoms with Crippen molar-refractivity contribution >= 4 is 31.9 Å². The summed E-state index contributed by atoms with van der Waals surface area (Å²) in [6.45, 7) is 19.5. The molecule has 0 fully saturated rings. The van der Waals surface area contributed by atoms with Gasteiger partial charge in [0.25, 0.3) is 5.91 Å². The number of ether oxygens (including phenoxy) is 2. The fraction of sp³-hybridized carbons (Fsp3) is 0.833. The van der Waals surface area contributed by atoms with Crippen LogP contribution in [0.25, 0.3) is 0 Å². The molecular formula is C24H45NO7Si. The SMILES string of the molecule is CCC(C)C(OC(=O)C(C)O[Si](C)(C)C(C)(C)C)C(=O)NC(CC(C)C)C(=O)CC(=O)OC. The Balaban J connectivity index is 5.53. The highest BCUT2D eigenvalue weighted by molar-refractivity contribution is 6.74. The number of methoxy groups -OCH3 is 1. The Bertz CT molecular complexity index is 685. The normalized spacial score (nSPS) is 15.9. The van der Waals surface area contributed by atoms with Crippen LogP contribution in [0.15, 0.2) is 0 Å². The van der Waals surface area contributed by atoms with Gasteiger partial charge in [0.15, 0.2) is 20.2 Å². The molecule has 4 atom stereocenters. The number of hydrogen-bond donors (Lipinski definition) is 1. The molecule has 0 rings (SSSR count). The van der Waals surface area contributed by atoms with E-state index in [1.807, 2.05) is 40.8 Å². The van der Waals surface area contributed by atoms with Crippen molar-refractivity contribution in [3.8, 4) is 0 Å². The third-order valence-electron chi connectivity index (χ3n) is 6.23. The number of ketones is 1. The number of esters is 2. The van der Waals surface area contributed by atoms with Crippen LogP contribution < -0.4 is 5.32 Å². The smallest absolute Gasteiger partial charge is 0.334 e. The van der Waals surface area contributed by atoms with Gasteiger partial charge in [0.05, 0.1) is 13.2 Å². The van der Waals surface area contributed by atoms with Crippen molar-refractivity contribution in [3.05, 3.63) is 0 Å². The quantitative estimate of drug-likeness (QED) is 0.237. The van der Waals surface area contributed by atoms with Gasteiger partial charge in [-0.05, 0) is 43.8 Å². The van der Waals surface area contributed by atoms with Gasteiger partial charge in [0.1, 0.15) is 12.5 Å². The number of amides is 1. The van der Waals surface area contributed by atoms with Crippen LogP contribution in [0.4, 0.5) is 0 Å². The molecule has 8 nitrogen and oxygen atoms in total. The molecule has 0 saturated carbocycles. The Morgan fingerprint density at radius 3 is 1.97 bits per heavy atom. The van der Waals surface area contributed by atoms with E-state index in [2.05, 4.69) is 30.8 Å². The summed E-state index contributed by atoms with van der Waals surface area (Å²) in [5.41, 5.74) is 0. The molecule has 192 valence electrons. The standard InChI is InChI=1S/C24H45NO7Si/c1-12-16(4)21(31-23(29)17(5)32-33(10,11)24(6,7)8)22(28)25-18(13-15(2)3)19(26)14-20(27)30-9/h15-18,21H,12-14H2,1-11H3,(H,25,28). The van der Waals surface area contributed by atoms with E-state index < -0.39 is 56.6 Å². The highest BCUT2D eigenvalue weighted by Crippen LogP contribution is 2.37. The van der Waals surface area contributed by atoms with Crippen molar-refractivity contribution in [3.63, 3.8) is 0 Å². The van der Waals surface area contributed by atoms with Crippen molar-refractivity contribution in [2.24, 2.45) is 11.8 Å². The van der Waals surface area contributed by atoms with Gasteiger partial charge in [-0.15, -0.1) is 0 Å². The average molecular weight is 488 g/mol. The molecule has 0 aromatic heterocycles. The maximum absolute atomic E-state index is 13.1. The third kappa shape index (κ3) is 10.4. The fourth-order valence-corrected chi connectivity index (χ4v) is 4.20. The van der Waals surface area contributed by atoms with Gasteiger partial charge >= 0.3 is 11.9 Å². The van der Waals surface area contributed by atoms with Crippen LogP contribution in [-0.2, 0) is 33.1 Å². The second-order valence-electron chi connectivity index (χ2n) is 10.7. The maximum Gasteiger partial charge on any atom is 0.334 e. The van der Waals surface area contributed by atoms with E-state index in [1.165, 1.54) is 7.11 Å². The summed E-state index contributed by atoms with van der Waals surface area (Å²) in [5.74, 6) is -2.44. The fourth-order valence-electron chi connectivity index (χ4n) is 2.86. The predicted octanol–water partition coefficient (Wildman–Crippen LogP) is 4.02. The molecule has 0 aromatic carbocycles. The number of carbonyl (C=O) groups excluding carboxylic acids is 4. The summed E-state index contributed by atoms with van der Waals surface area (Å²) in [6.07, 6.45) is -1.38. The minimum atomic E-state index is -2.21. The molecule has 0 aliphatic carbocycles. The number of nitrogens with one attached hydrogen (secondary N) is 1. The molecule has 4 unspecified atom stereocenters. The first-order chi connectivity index (χ1) is 15.0. The van der Waals surface area contributed by atoms with Gasteiger partial charge in [-0.3, -0.25) is 14.4 Å². The third-order valence-corrected chi connectivity index (χ3v) is 10.8. The second kappa shape index (κ2) is 13.2. The van der Waals surface area contributed by atoms with Gasteiger partial charge in [-0.1, -0.05) is 48.5 Å². The van der Waals surface area contributed by atoms with Crippen LogP contribution in [0.5, 0.6) is 0 Å². The van der Waals surface area contributed by atoms with Crippen LogP contribution in [0.3, 0.4) is 0 Å². The molecule has 9 heteroatoms. The van der Waals surface area contributed by atoms with Crippen molar-refractivity contribution in [1.29, 1.82) is 0 Å². The minimum Gasteiger partial charge on any atom is -0.469 e. The first-order valence-corrected chi connectivity index (χ1v) is 14.7. The molecule has 0 saturated heterocycles. The maximum atomic E-state index is 13.1. The molecule has 0 heterocycles. The lowest BCUT2D eigenvalue weighted by Gasteiger charge is -2.38. The van der Waals surface area contributed by atoms with Crippen LogP contribution in [0.2, 0.25) is 18.1 Å². The molecule has 0 bridgehead atoms. The Morgan fingerprint density at radius 1 is 1.00 bits per heavy atom. The van der Waals surface area contributed by atoms with Crippen LogP contribution >= 0.6 is 0 Å². The Labute approximate surface area is 200 Å². The molecular weight excluding hydrogens is 442 g/mol. The van der Waals surface area contributed by atoms with Crippen LogP contribution in [0.1, 0.15) is 74.7 Å². The molecule has 0 aliphatic rings. The summed E-state index contributed by atoms with van der Waals surface area (Å²) in [6, 6.07) is -0.872. The summed E-state index contributed by atoms with van der Waals surface area (Å²) >= 11 is 0. The molecule has 1 N–H and O–H groups in total. The molecule has 0 aromatic rings. The monoisotopic (exact) mass is 487 g/mol. The van der Waals surface area contributed by atoms with E-state index in [1.54, 1.807) is 6.92 Å². The highest BCUT2D eigenvalue weighted by Gasteiger charge is 2.41. The molecule has 0 aliphatic heterocycles. The summed E-state index contributed by atoms with van der Waals surface area (Å²) in [5, 5.41) is 2.62. The highest BCUT2D eigenvalue weighted by atomic mass is 28.4. The Morgan fingerprint density at radius 2 is 1.55 bits per heavy atom. The van der Waals surface area contributed by atoms with Gasteiger partial charge in [-0.25, -0.2) is 4.79 Å². The Kier molecular flexibility index (Phi) is 12.5. The van der Waals surface area contributed by atoms with Crippen molar-refractivity contribution in [1.82, 2.24) is 5.32 Å². The van der Waals surface area contributed by atoms with E-state index in [4.69, 9.17) is 9.16 Å². The lowest BCUT2D eigenvalue weighted by Crippen LogP contribution is -2.51. The topological polar surface area (TPSA) is 108 Å². The summed E-state index contributed by atoms with van der Waals surface area (Å²) < 4.78 is 16.3. The van der Waals surface area contributed by atoms with Crippen molar-refractivity contribution in [2.75, 3.05) is 7.11 Å². The number of rotatable bonds is 13. The first-order valence-electron chi connectivity index (χ1n) is 11.7. The van der Waals surface area contributed by atoms with E-state index in [0.717, 1.165) is 0 Å². The zero-order valence-corrected chi connectivity index (χ0v) is 23.4. The molecule has 1 amide bonds. The molecule has 33 heavy (non-hydrogen) atoms. The van der Waals surface area contributed by atoms with Gasteiger partial charge in [0, 0.05) is 5.92 Å². The average Bonchev–Trinajstić information content (AvgIpc) is 2.68. The number of hydrogen-bond acceptors (Lipinski definition) is 7. The van der Waals surface area contributed by atoms with E-state index in [0.29, 0.717) is 12.8 Å². The van der Waals surface area contributed by atoms with Crippen LogP contribution in [0, 0.1) is 11.8 Å². The van der Waals surface area contributed by atoms with Gasteiger partial charge in [-0.2, -0.15) is 0 Å². The number of Topliss-reactive ketones (excluding diaryl/α,β-unsaturated/α-hetero) is 1. The second-order valence-corrected chi connectivity index (χ2v) is 15.4.